The van der Waals surface area contributed by atoms with Crippen LogP contribution in [0.25, 0.3) is 0 Å². The van der Waals surface area contributed by atoms with Crippen LogP contribution in [0.3, 0.4) is 0 Å². The summed E-state index contributed by atoms with van der Waals surface area (Å²) in [7, 11) is 0. The summed E-state index contributed by atoms with van der Waals surface area (Å²) in [6.45, 7) is 3.92. The Kier molecular flexibility index (Phi) is 4.82. The van der Waals surface area contributed by atoms with Crippen molar-refractivity contribution in [2.75, 3.05) is 10.7 Å². The first-order valence-corrected chi connectivity index (χ1v) is 7.30. The monoisotopic (exact) mass is 368 g/mol. The molecule has 0 unspecified atom stereocenters. The Morgan fingerprint density at radius 3 is 2.62 bits per heavy atom. The third kappa shape index (κ3) is 3.72. The predicted octanol–water partition coefficient (Wildman–Crippen LogP) is 3.65. The summed E-state index contributed by atoms with van der Waals surface area (Å²) in [5.74, 6) is 5.33. The topological polar surface area (TPSA) is 80.0 Å². The van der Waals surface area contributed by atoms with E-state index in [9.17, 15) is 4.79 Å². The highest BCUT2D eigenvalue weighted by atomic mass is 79.9. The molecule has 0 saturated carbocycles. The molecule has 21 heavy (non-hydrogen) atoms. The number of carbonyl (C=O) groups excluding carboxylic acids is 1. The number of anilines is 2. The number of hydrogen-bond donors (Lipinski definition) is 3. The lowest BCUT2D eigenvalue weighted by Gasteiger charge is -2.12. The number of carbonyl (C=O) groups is 1. The van der Waals surface area contributed by atoms with E-state index in [1.54, 1.807) is 0 Å². The van der Waals surface area contributed by atoms with E-state index in [2.05, 4.69) is 31.7 Å². The zero-order valence-electron chi connectivity index (χ0n) is 11.5. The molecule has 0 spiro atoms. The summed E-state index contributed by atoms with van der Waals surface area (Å²) in [6.07, 6.45) is 0. The van der Waals surface area contributed by atoms with Crippen LogP contribution in [0.4, 0.5) is 11.5 Å². The minimum absolute atomic E-state index is 0.190. The van der Waals surface area contributed by atoms with E-state index in [1.165, 1.54) is 12.1 Å². The highest BCUT2D eigenvalue weighted by Crippen LogP contribution is 2.28. The molecule has 1 aromatic carbocycles. The number of nitrogens with one attached hydrogen (secondary N) is 2. The smallest absolute Gasteiger partial charge is 0.255 e. The minimum atomic E-state index is -0.288. The lowest BCUT2D eigenvalue weighted by atomic mass is 10.1. The quantitative estimate of drug-likeness (QED) is 0.438. The van der Waals surface area contributed by atoms with Gasteiger partial charge in [-0.15, -0.1) is 0 Å². The fourth-order valence-corrected chi connectivity index (χ4v) is 2.94. The summed E-state index contributed by atoms with van der Waals surface area (Å²) in [4.78, 5) is 16.3. The average molecular weight is 370 g/mol. The lowest BCUT2D eigenvalue weighted by molar-refractivity contribution is 0.102. The number of pyridine rings is 1. The van der Waals surface area contributed by atoms with E-state index in [0.717, 1.165) is 21.3 Å². The number of rotatable bonds is 3. The Morgan fingerprint density at radius 1 is 1.29 bits per heavy atom. The molecule has 2 rings (SSSR count). The first-order chi connectivity index (χ1) is 9.90. The third-order valence-electron chi connectivity index (χ3n) is 2.87. The molecule has 0 aliphatic carbocycles. The van der Waals surface area contributed by atoms with E-state index >= 15 is 0 Å². The number of nitrogens with two attached hydrogens (primary N) is 1. The summed E-state index contributed by atoms with van der Waals surface area (Å²) in [5.41, 5.74) is 5.54. The van der Waals surface area contributed by atoms with E-state index < -0.39 is 0 Å². The molecule has 2 aromatic rings. The van der Waals surface area contributed by atoms with Crippen LogP contribution in [0.1, 0.15) is 21.5 Å². The standard InChI is InChI=1S/C14H14BrClN4O/c1-7-3-8(2)13(10(15)4-7)19-14(21)9-5-11(16)18-12(6-9)20-17/h3-6H,17H2,1-2H3,(H,18,20)(H,19,21). The summed E-state index contributed by atoms with van der Waals surface area (Å²) in [5, 5.41) is 3.05. The Morgan fingerprint density at radius 2 is 2.00 bits per heavy atom. The van der Waals surface area contributed by atoms with Crippen LogP contribution in [0, 0.1) is 13.8 Å². The molecule has 110 valence electrons. The molecular formula is C14H14BrClN4O. The number of nitrogen functional groups attached to an aromatic ring is 1. The van der Waals surface area contributed by atoms with Gasteiger partial charge in [0.1, 0.15) is 11.0 Å². The van der Waals surface area contributed by atoms with Crippen molar-refractivity contribution in [3.63, 3.8) is 0 Å². The molecule has 0 saturated heterocycles. The Balaban J connectivity index is 2.32. The number of hydrogen-bond acceptors (Lipinski definition) is 4. The van der Waals surface area contributed by atoms with Crippen molar-refractivity contribution in [2.45, 2.75) is 13.8 Å². The number of benzene rings is 1. The third-order valence-corrected chi connectivity index (χ3v) is 3.69. The number of aryl methyl sites for hydroxylation is 2. The van der Waals surface area contributed by atoms with Gasteiger partial charge in [-0.3, -0.25) is 4.79 Å². The fraction of sp³-hybridized carbons (Fsp3) is 0.143. The molecule has 0 bridgehead atoms. The van der Waals surface area contributed by atoms with E-state index in [1.807, 2.05) is 26.0 Å². The van der Waals surface area contributed by atoms with E-state index in [0.29, 0.717) is 11.4 Å². The van der Waals surface area contributed by atoms with Gasteiger partial charge in [-0.05, 0) is 59.1 Å². The van der Waals surface area contributed by atoms with Crippen molar-refractivity contribution < 1.29 is 4.79 Å². The van der Waals surface area contributed by atoms with Crippen LogP contribution >= 0.6 is 27.5 Å². The Bertz CT molecular complexity index is 682. The van der Waals surface area contributed by atoms with E-state index in [-0.39, 0.29) is 11.1 Å². The van der Waals surface area contributed by atoms with Crippen molar-refractivity contribution in [3.8, 4) is 0 Å². The zero-order valence-corrected chi connectivity index (χ0v) is 13.8. The molecule has 7 heteroatoms. The largest absolute Gasteiger partial charge is 0.321 e. The van der Waals surface area contributed by atoms with Crippen molar-refractivity contribution in [1.29, 1.82) is 0 Å². The number of amides is 1. The molecule has 1 aromatic heterocycles. The van der Waals surface area contributed by atoms with Gasteiger partial charge in [0.05, 0.1) is 5.69 Å². The summed E-state index contributed by atoms with van der Waals surface area (Å²) < 4.78 is 0.825. The second-order valence-electron chi connectivity index (χ2n) is 4.60. The van der Waals surface area contributed by atoms with Crippen molar-refractivity contribution in [3.05, 3.63) is 50.6 Å². The van der Waals surface area contributed by atoms with Crippen LogP contribution in [0.5, 0.6) is 0 Å². The van der Waals surface area contributed by atoms with Gasteiger partial charge < -0.3 is 10.7 Å². The molecular weight excluding hydrogens is 356 g/mol. The van der Waals surface area contributed by atoms with Gasteiger partial charge >= 0.3 is 0 Å². The Labute approximate surface area is 136 Å². The second kappa shape index (κ2) is 6.43. The number of nitrogens with zero attached hydrogens (tertiary/aromatic N) is 1. The van der Waals surface area contributed by atoms with Crippen molar-refractivity contribution in [2.24, 2.45) is 5.84 Å². The summed E-state index contributed by atoms with van der Waals surface area (Å²) >= 11 is 9.32. The highest BCUT2D eigenvalue weighted by molar-refractivity contribution is 9.10. The maximum atomic E-state index is 12.3. The van der Waals surface area contributed by atoms with Crippen LogP contribution < -0.4 is 16.6 Å². The maximum Gasteiger partial charge on any atom is 0.255 e. The predicted molar refractivity (Wildman–Crippen MR) is 88.6 cm³/mol. The van der Waals surface area contributed by atoms with Crippen LogP contribution in [-0.2, 0) is 0 Å². The maximum absolute atomic E-state index is 12.3. The van der Waals surface area contributed by atoms with Crippen LogP contribution in [-0.4, -0.2) is 10.9 Å². The molecule has 0 aliphatic heterocycles. The van der Waals surface area contributed by atoms with Gasteiger partial charge in [-0.1, -0.05) is 17.7 Å². The normalized spacial score (nSPS) is 10.3. The average Bonchev–Trinajstić information content (AvgIpc) is 2.41. The first-order valence-electron chi connectivity index (χ1n) is 6.13. The molecule has 5 nitrogen and oxygen atoms in total. The molecule has 1 heterocycles. The number of halogens is 2. The number of aromatic nitrogens is 1. The van der Waals surface area contributed by atoms with Crippen molar-refractivity contribution in [1.82, 2.24) is 4.98 Å². The first kappa shape index (κ1) is 15.8. The van der Waals surface area contributed by atoms with Gasteiger partial charge in [0, 0.05) is 10.0 Å². The highest BCUT2D eigenvalue weighted by Gasteiger charge is 2.13. The van der Waals surface area contributed by atoms with Crippen LogP contribution in [0.2, 0.25) is 5.15 Å². The molecule has 0 aliphatic rings. The van der Waals surface area contributed by atoms with Crippen LogP contribution in [0.15, 0.2) is 28.7 Å². The van der Waals surface area contributed by atoms with Gasteiger partial charge in [0.2, 0.25) is 0 Å². The van der Waals surface area contributed by atoms with Gasteiger partial charge in [0.15, 0.2) is 0 Å². The molecule has 4 N–H and O–H groups in total. The SMILES string of the molecule is Cc1cc(C)c(NC(=O)c2cc(Cl)nc(NN)c2)c(Br)c1. The molecule has 0 radical (unpaired) electrons. The van der Waals surface area contributed by atoms with E-state index in [4.69, 9.17) is 17.4 Å². The fourth-order valence-electron chi connectivity index (χ4n) is 1.96. The second-order valence-corrected chi connectivity index (χ2v) is 5.84. The minimum Gasteiger partial charge on any atom is -0.321 e. The number of hydrazine groups is 1. The molecule has 1 amide bonds. The lowest BCUT2D eigenvalue weighted by Crippen LogP contribution is -2.15. The van der Waals surface area contributed by atoms with Gasteiger partial charge in [-0.2, -0.15) is 0 Å². The van der Waals surface area contributed by atoms with Gasteiger partial charge in [-0.25, -0.2) is 10.8 Å². The zero-order chi connectivity index (χ0) is 15.6. The Hall–Kier alpha value is -1.63. The van der Waals surface area contributed by atoms with Crippen molar-refractivity contribution >= 4 is 44.9 Å². The summed E-state index contributed by atoms with van der Waals surface area (Å²) in [6, 6.07) is 6.94. The molecule has 0 fully saturated rings. The molecule has 0 atom stereocenters. The van der Waals surface area contributed by atoms with Gasteiger partial charge in [0.25, 0.3) is 5.91 Å².